The van der Waals surface area contributed by atoms with Crippen LogP contribution in [0.1, 0.15) is 59.8 Å². The molecule has 114 valence electrons. The Morgan fingerprint density at radius 1 is 1.30 bits per heavy atom. The second-order valence-electron chi connectivity index (χ2n) is 6.99. The molecule has 0 aromatic rings. The van der Waals surface area contributed by atoms with Crippen LogP contribution >= 0.6 is 0 Å². The number of hydrogen-bond donors (Lipinski definition) is 0. The van der Waals surface area contributed by atoms with E-state index in [0.717, 1.165) is 32.1 Å². The number of ether oxygens (including phenoxy) is 2. The van der Waals surface area contributed by atoms with Gasteiger partial charge in [0, 0.05) is 5.41 Å². The van der Waals surface area contributed by atoms with Gasteiger partial charge in [0.05, 0.1) is 18.4 Å². The zero-order valence-electron chi connectivity index (χ0n) is 13.2. The zero-order chi connectivity index (χ0) is 15.2. The first-order chi connectivity index (χ1) is 9.24. The summed E-state index contributed by atoms with van der Waals surface area (Å²) in [5.41, 5.74) is -1.07. The molecule has 4 nitrogen and oxygen atoms in total. The first-order valence-corrected chi connectivity index (χ1v) is 7.55. The minimum atomic E-state index is -0.439. The molecule has 0 aromatic heterocycles. The molecule has 1 unspecified atom stereocenters. The first kappa shape index (κ1) is 15.3. The fourth-order valence-electron chi connectivity index (χ4n) is 3.98. The van der Waals surface area contributed by atoms with Crippen LogP contribution in [0.4, 0.5) is 0 Å². The molecule has 4 heteroatoms. The highest BCUT2D eigenvalue weighted by atomic mass is 16.6. The standard InChI is InChI=1S/C16H26O4/c1-6-15(4)13(18)20-16(14(15,2)3)9-7-11(8-10-16)12(17)19-5/h11H,6-10H2,1-5H3. The van der Waals surface area contributed by atoms with E-state index >= 15 is 0 Å². The van der Waals surface area contributed by atoms with E-state index in [1.165, 1.54) is 7.11 Å². The van der Waals surface area contributed by atoms with Gasteiger partial charge >= 0.3 is 11.9 Å². The quantitative estimate of drug-likeness (QED) is 0.730. The van der Waals surface area contributed by atoms with Crippen LogP contribution in [-0.4, -0.2) is 24.6 Å². The van der Waals surface area contributed by atoms with Gasteiger partial charge in [0.2, 0.25) is 0 Å². The van der Waals surface area contributed by atoms with Crippen LogP contribution in [0.15, 0.2) is 0 Å². The minimum absolute atomic E-state index is 0.0476. The molecule has 0 aromatic carbocycles. The summed E-state index contributed by atoms with van der Waals surface area (Å²) in [5, 5.41) is 0. The first-order valence-electron chi connectivity index (χ1n) is 7.55. The molecule has 0 radical (unpaired) electrons. The molecule has 2 fully saturated rings. The summed E-state index contributed by atoms with van der Waals surface area (Å²) < 4.78 is 10.7. The van der Waals surface area contributed by atoms with Gasteiger partial charge in [-0.05, 0) is 39.0 Å². The summed E-state index contributed by atoms with van der Waals surface area (Å²) in [6.45, 7) is 8.33. The van der Waals surface area contributed by atoms with E-state index in [2.05, 4.69) is 13.8 Å². The molecule has 20 heavy (non-hydrogen) atoms. The summed E-state index contributed by atoms with van der Waals surface area (Å²) in [6, 6.07) is 0. The Morgan fingerprint density at radius 2 is 1.85 bits per heavy atom. The molecule has 1 saturated carbocycles. The Hall–Kier alpha value is -1.06. The molecule has 0 N–H and O–H groups in total. The van der Waals surface area contributed by atoms with Gasteiger partial charge in [-0.1, -0.05) is 20.8 Å². The number of rotatable bonds is 2. The molecule has 1 heterocycles. The van der Waals surface area contributed by atoms with Crippen LogP contribution in [0.2, 0.25) is 0 Å². The predicted molar refractivity (Wildman–Crippen MR) is 75.0 cm³/mol. The van der Waals surface area contributed by atoms with Crippen molar-refractivity contribution in [2.24, 2.45) is 16.7 Å². The second kappa shape index (κ2) is 4.74. The molecule has 1 spiro atoms. The highest BCUT2D eigenvalue weighted by Crippen LogP contribution is 2.61. The molecule has 1 aliphatic heterocycles. The fraction of sp³-hybridized carbons (Fsp3) is 0.875. The fourth-order valence-corrected chi connectivity index (χ4v) is 3.98. The summed E-state index contributed by atoms with van der Waals surface area (Å²) in [4.78, 5) is 24.0. The third-order valence-electron chi connectivity index (χ3n) is 6.29. The summed E-state index contributed by atoms with van der Waals surface area (Å²) in [6.07, 6.45) is 3.76. The average Bonchev–Trinajstić information content (AvgIpc) is 2.58. The topological polar surface area (TPSA) is 52.6 Å². The van der Waals surface area contributed by atoms with Gasteiger partial charge in [-0.25, -0.2) is 0 Å². The van der Waals surface area contributed by atoms with Gasteiger partial charge < -0.3 is 9.47 Å². The van der Waals surface area contributed by atoms with Crippen molar-refractivity contribution in [1.29, 1.82) is 0 Å². The molecular formula is C16H26O4. The molecule has 0 bridgehead atoms. The van der Waals surface area contributed by atoms with Crippen molar-refractivity contribution in [3.63, 3.8) is 0 Å². The number of carbonyl (C=O) groups excluding carboxylic acids is 2. The van der Waals surface area contributed by atoms with Crippen LogP contribution in [0, 0.1) is 16.7 Å². The van der Waals surface area contributed by atoms with E-state index < -0.39 is 11.0 Å². The lowest BCUT2D eigenvalue weighted by molar-refractivity contribution is -0.160. The van der Waals surface area contributed by atoms with E-state index in [4.69, 9.17) is 9.47 Å². The van der Waals surface area contributed by atoms with Gasteiger partial charge in [0.1, 0.15) is 5.60 Å². The van der Waals surface area contributed by atoms with Crippen molar-refractivity contribution < 1.29 is 19.1 Å². The van der Waals surface area contributed by atoms with E-state index in [1.807, 2.05) is 13.8 Å². The Kier molecular flexibility index (Phi) is 3.64. The lowest BCUT2D eigenvalue weighted by atomic mass is 9.55. The zero-order valence-corrected chi connectivity index (χ0v) is 13.2. The molecular weight excluding hydrogens is 256 g/mol. The number of hydrogen-bond acceptors (Lipinski definition) is 4. The Morgan fingerprint density at radius 3 is 2.25 bits per heavy atom. The van der Waals surface area contributed by atoms with Gasteiger partial charge in [-0.2, -0.15) is 0 Å². The maximum atomic E-state index is 12.4. The number of esters is 2. The third kappa shape index (κ3) is 1.80. The van der Waals surface area contributed by atoms with Crippen molar-refractivity contribution in [3.8, 4) is 0 Å². The maximum Gasteiger partial charge on any atom is 0.313 e. The van der Waals surface area contributed by atoms with E-state index in [9.17, 15) is 9.59 Å². The highest BCUT2D eigenvalue weighted by Gasteiger charge is 2.67. The van der Waals surface area contributed by atoms with Gasteiger partial charge in [0.15, 0.2) is 0 Å². The summed E-state index contributed by atoms with van der Waals surface area (Å²) in [7, 11) is 1.43. The smallest absolute Gasteiger partial charge is 0.313 e. The van der Waals surface area contributed by atoms with Crippen LogP contribution in [0.3, 0.4) is 0 Å². The van der Waals surface area contributed by atoms with Crippen molar-refractivity contribution in [3.05, 3.63) is 0 Å². The molecule has 2 aliphatic rings. The molecule has 2 rings (SSSR count). The lowest BCUT2D eigenvalue weighted by Gasteiger charge is -2.47. The molecule has 1 saturated heterocycles. The van der Waals surface area contributed by atoms with Crippen molar-refractivity contribution in [2.75, 3.05) is 7.11 Å². The molecule has 1 atom stereocenters. The SMILES string of the molecule is CCC1(C)C(=O)OC2(CCC(C(=O)OC)CC2)C1(C)C. The largest absolute Gasteiger partial charge is 0.469 e. The number of methoxy groups -OCH3 is 1. The highest BCUT2D eigenvalue weighted by molar-refractivity contribution is 5.81. The monoisotopic (exact) mass is 282 g/mol. The maximum absolute atomic E-state index is 12.4. The normalized spacial score (nSPS) is 39.6. The molecule has 1 aliphatic carbocycles. The van der Waals surface area contributed by atoms with Gasteiger partial charge in [-0.15, -0.1) is 0 Å². The van der Waals surface area contributed by atoms with E-state index in [1.54, 1.807) is 0 Å². The van der Waals surface area contributed by atoms with Crippen molar-refractivity contribution in [1.82, 2.24) is 0 Å². The average molecular weight is 282 g/mol. The third-order valence-corrected chi connectivity index (χ3v) is 6.29. The predicted octanol–water partition coefficient (Wildman–Crippen LogP) is 3.09. The Labute approximate surface area is 121 Å². The lowest BCUT2D eigenvalue weighted by Crippen LogP contribution is -2.50. The van der Waals surface area contributed by atoms with Gasteiger partial charge in [0.25, 0.3) is 0 Å². The van der Waals surface area contributed by atoms with Gasteiger partial charge in [-0.3, -0.25) is 9.59 Å². The second-order valence-corrected chi connectivity index (χ2v) is 6.99. The van der Waals surface area contributed by atoms with E-state index in [0.29, 0.717) is 0 Å². The van der Waals surface area contributed by atoms with Crippen LogP contribution in [0.25, 0.3) is 0 Å². The summed E-state index contributed by atoms with van der Waals surface area (Å²) >= 11 is 0. The van der Waals surface area contributed by atoms with E-state index in [-0.39, 0.29) is 23.3 Å². The summed E-state index contributed by atoms with van der Waals surface area (Å²) in [5.74, 6) is -0.268. The Balaban J connectivity index is 2.23. The van der Waals surface area contributed by atoms with Crippen LogP contribution in [-0.2, 0) is 19.1 Å². The van der Waals surface area contributed by atoms with Crippen LogP contribution < -0.4 is 0 Å². The minimum Gasteiger partial charge on any atom is -0.469 e. The molecule has 0 amide bonds. The number of carbonyl (C=O) groups is 2. The van der Waals surface area contributed by atoms with Crippen molar-refractivity contribution >= 4 is 11.9 Å². The van der Waals surface area contributed by atoms with Crippen molar-refractivity contribution in [2.45, 2.75) is 65.4 Å². The Bertz CT molecular complexity index is 418. The van der Waals surface area contributed by atoms with Crippen LogP contribution in [0.5, 0.6) is 0 Å².